The van der Waals surface area contributed by atoms with E-state index in [0.29, 0.717) is 50.1 Å². The summed E-state index contributed by atoms with van der Waals surface area (Å²) >= 11 is 6.14. The lowest BCUT2D eigenvalue weighted by atomic mass is 9.85. The molecule has 0 aliphatic carbocycles. The van der Waals surface area contributed by atoms with Crippen LogP contribution in [0.1, 0.15) is 29.7 Å². The molecule has 0 bridgehead atoms. The van der Waals surface area contributed by atoms with Crippen molar-refractivity contribution in [1.82, 2.24) is 9.88 Å². The van der Waals surface area contributed by atoms with E-state index in [1.165, 1.54) is 12.1 Å². The summed E-state index contributed by atoms with van der Waals surface area (Å²) in [5.74, 6) is -0.318. The van der Waals surface area contributed by atoms with Crippen molar-refractivity contribution in [1.29, 1.82) is 0 Å². The second-order valence-corrected chi connectivity index (χ2v) is 10.9. The Hall–Kier alpha value is -3.40. The van der Waals surface area contributed by atoms with E-state index in [1.807, 2.05) is 31.2 Å². The number of hydrogen-bond acceptors (Lipinski definition) is 5. The molecule has 5 rings (SSSR count). The van der Waals surface area contributed by atoms with E-state index in [9.17, 15) is 22.7 Å². The van der Waals surface area contributed by atoms with Crippen molar-refractivity contribution in [2.24, 2.45) is 0 Å². The normalized spacial score (nSPS) is 15.7. The number of aryl methyl sites for hydroxylation is 1. The first kappa shape index (κ1) is 29.1. The summed E-state index contributed by atoms with van der Waals surface area (Å²) in [6.45, 7) is 3.67. The quantitative estimate of drug-likeness (QED) is 0.209. The maximum absolute atomic E-state index is 13.7. The van der Waals surface area contributed by atoms with Gasteiger partial charge < -0.3 is 15.2 Å². The van der Waals surface area contributed by atoms with Crippen LogP contribution in [0.15, 0.2) is 66.7 Å². The van der Waals surface area contributed by atoms with Crippen molar-refractivity contribution >= 4 is 33.9 Å². The molecule has 3 aromatic carbocycles. The standard InChI is InChI=1S/C31H30ClF4N3O2/c1-20-14-29(26-4-2-3-5-28(26)37-20)38-24-15-22(31(34,35)36)16-25(18-24)41-13-12-39-10-8-30(40,9-11-39)19-21-6-7-23(33)17-27(21)32/h2-7,14-18,40H,8-13,19H2,1H3,(H,37,38). The molecule has 5 nitrogen and oxygen atoms in total. The minimum Gasteiger partial charge on any atom is -0.492 e. The summed E-state index contributed by atoms with van der Waals surface area (Å²) in [6.07, 6.45) is -3.26. The zero-order valence-corrected chi connectivity index (χ0v) is 23.2. The summed E-state index contributed by atoms with van der Waals surface area (Å²) < 4.78 is 60.4. The van der Waals surface area contributed by atoms with Crippen LogP contribution < -0.4 is 10.1 Å². The molecule has 1 aliphatic heterocycles. The molecule has 1 saturated heterocycles. The number of pyridine rings is 1. The second-order valence-electron chi connectivity index (χ2n) is 10.5. The van der Waals surface area contributed by atoms with Crippen LogP contribution in [-0.4, -0.2) is 46.8 Å². The molecule has 0 saturated carbocycles. The highest BCUT2D eigenvalue weighted by molar-refractivity contribution is 6.31. The zero-order valence-electron chi connectivity index (χ0n) is 22.4. The number of hydrogen-bond donors (Lipinski definition) is 2. The van der Waals surface area contributed by atoms with Gasteiger partial charge in [-0.1, -0.05) is 35.9 Å². The van der Waals surface area contributed by atoms with Gasteiger partial charge in [0.05, 0.1) is 16.7 Å². The number of rotatable bonds is 8. The summed E-state index contributed by atoms with van der Waals surface area (Å²) in [5, 5.41) is 15.3. The molecule has 0 unspecified atom stereocenters. The number of nitrogens with one attached hydrogen (secondary N) is 1. The van der Waals surface area contributed by atoms with Gasteiger partial charge in [0, 0.05) is 59.6 Å². The lowest BCUT2D eigenvalue weighted by Gasteiger charge is -2.38. The summed E-state index contributed by atoms with van der Waals surface area (Å²) in [7, 11) is 0. The fourth-order valence-electron chi connectivity index (χ4n) is 5.17. The van der Waals surface area contributed by atoms with Gasteiger partial charge in [0.25, 0.3) is 0 Å². The molecule has 1 fully saturated rings. The van der Waals surface area contributed by atoms with E-state index in [4.69, 9.17) is 16.3 Å². The third-order valence-corrected chi connectivity index (χ3v) is 7.71. The number of aliphatic hydroxyl groups is 1. The van der Waals surface area contributed by atoms with Crippen LogP contribution in [0.5, 0.6) is 5.75 Å². The highest BCUT2D eigenvalue weighted by Crippen LogP contribution is 2.36. The first-order valence-corrected chi connectivity index (χ1v) is 13.7. The van der Waals surface area contributed by atoms with Crippen LogP contribution in [0.4, 0.5) is 28.9 Å². The number of alkyl halides is 3. The molecule has 0 amide bonds. The Labute approximate surface area is 240 Å². The molecule has 216 valence electrons. The average Bonchev–Trinajstić information content (AvgIpc) is 2.91. The summed E-state index contributed by atoms with van der Waals surface area (Å²) in [4.78, 5) is 6.59. The SMILES string of the molecule is Cc1cc(Nc2cc(OCCN3CCC(O)(Cc4ccc(F)cc4Cl)CC3)cc(C(F)(F)F)c2)c2ccccc2n1. The Kier molecular flexibility index (Phi) is 8.40. The number of ether oxygens (including phenoxy) is 1. The molecule has 4 aromatic rings. The third kappa shape index (κ3) is 7.28. The van der Waals surface area contributed by atoms with E-state index in [0.717, 1.165) is 28.7 Å². The number of benzene rings is 3. The fraction of sp³-hybridized carbons (Fsp3) is 0.323. The van der Waals surface area contributed by atoms with Gasteiger partial charge >= 0.3 is 6.18 Å². The molecule has 10 heteroatoms. The molecule has 2 heterocycles. The fourth-order valence-corrected chi connectivity index (χ4v) is 5.40. The molecule has 41 heavy (non-hydrogen) atoms. The predicted molar refractivity (Wildman–Crippen MR) is 152 cm³/mol. The van der Waals surface area contributed by atoms with Gasteiger partial charge in [-0.05, 0) is 61.7 Å². The molecule has 0 spiro atoms. The van der Waals surface area contributed by atoms with Crippen molar-refractivity contribution in [2.45, 2.75) is 38.0 Å². The minimum atomic E-state index is -4.54. The number of aromatic nitrogens is 1. The number of piperidine rings is 1. The van der Waals surface area contributed by atoms with Crippen LogP contribution in [0.3, 0.4) is 0 Å². The number of halogens is 5. The molecular formula is C31H30ClF4N3O2. The third-order valence-electron chi connectivity index (χ3n) is 7.35. The van der Waals surface area contributed by atoms with Gasteiger partial charge in [-0.3, -0.25) is 9.88 Å². The lowest BCUT2D eigenvalue weighted by molar-refractivity contribution is -0.137. The van der Waals surface area contributed by atoms with E-state index in [-0.39, 0.29) is 23.1 Å². The molecule has 2 N–H and O–H groups in total. The van der Waals surface area contributed by atoms with Crippen molar-refractivity contribution in [3.8, 4) is 5.75 Å². The van der Waals surface area contributed by atoms with Crippen LogP contribution in [0.25, 0.3) is 10.9 Å². The number of likely N-dealkylation sites (tertiary alicyclic amines) is 1. The number of para-hydroxylation sites is 1. The summed E-state index contributed by atoms with van der Waals surface area (Å²) in [5.41, 5.74) is 1.31. The van der Waals surface area contributed by atoms with Crippen LogP contribution in [0.2, 0.25) is 5.02 Å². The minimum absolute atomic E-state index is 0.108. The first-order chi connectivity index (χ1) is 19.5. The first-order valence-electron chi connectivity index (χ1n) is 13.3. The number of fused-ring (bicyclic) bond motifs is 1. The lowest BCUT2D eigenvalue weighted by Crippen LogP contribution is -2.46. The maximum Gasteiger partial charge on any atom is 0.416 e. The monoisotopic (exact) mass is 587 g/mol. The largest absolute Gasteiger partial charge is 0.492 e. The van der Waals surface area contributed by atoms with Crippen LogP contribution in [0, 0.1) is 12.7 Å². The van der Waals surface area contributed by atoms with E-state index >= 15 is 0 Å². The summed E-state index contributed by atoms with van der Waals surface area (Å²) in [6, 6.07) is 17.0. The Morgan fingerprint density at radius 3 is 2.54 bits per heavy atom. The highest BCUT2D eigenvalue weighted by Gasteiger charge is 2.33. The van der Waals surface area contributed by atoms with Gasteiger partial charge in [0.2, 0.25) is 0 Å². The second kappa shape index (κ2) is 11.8. The Morgan fingerprint density at radius 1 is 1.05 bits per heavy atom. The smallest absolute Gasteiger partial charge is 0.416 e. The van der Waals surface area contributed by atoms with Gasteiger partial charge in [0.15, 0.2) is 0 Å². The van der Waals surface area contributed by atoms with Gasteiger partial charge in [-0.15, -0.1) is 0 Å². The molecule has 0 radical (unpaired) electrons. The number of anilines is 2. The Balaban J connectivity index is 1.22. The van der Waals surface area contributed by atoms with Gasteiger partial charge in [0.1, 0.15) is 18.2 Å². The van der Waals surface area contributed by atoms with Gasteiger partial charge in [-0.25, -0.2) is 4.39 Å². The van der Waals surface area contributed by atoms with Crippen molar-refractivity contribution in [3.63, 3.8) is 0 Å². The Bertz CT molecular complexity index is 1540. The predicted octanol–water partition coefficient (Wildman–Crippen LogP) is 7.55. The Morgan fingerprint density at radius 2 is 1.80 bits per heavy atom. The van der Waals surface area contributed by atoms with Crippen LogP contribution in [-0.2, 0) is 12.6 Å². The van der Waals surface area contributed by atoms with E-state index in [2.05, 4.69) is 15.2 Å². The van der Waals surface area contributed by atoms with Crippen molar-refractivity contribution < 1.29 is 27.4 Å². The van der Waals surface area contributed by atoms with Crippen molar-refractivity contribution in [2.75, 3.05) is 31.6 Å². The molecule has 0 atom stereocenters. The molecule has 1 aromatic heterocycles. The number of nitrogens with zero attached hydrogens (tertiary/aromatic N) is 2. The maximum atomic E-state index is 13.7. The highest BCUT2D eigenvalue weighted by atomic mass is 35.5. The average molecular weight is 588 g/mol. The van der Waals surface area contributed by atoms with E-state index in [1.54, 1.807) is 18.2 Å². The zero-order chi connectivity index (χ0) is 29.2. The topological polar surface area (TPSA) is 57.6 Å². The molecule has 1 aliphatic rings. The van der Waals surface area contributed by atoms with Crippen LogP contribution >= 0.6 is 11.6 Å². The van der Waals surface area contributed by atoms with E-state index < -0.39 is 23.2 Å². The molecular weight excluding hydrogens is 558 g/mol. The van der Waals surface area contributed by atoms with Crippen molar-refractivity contribution in [3.05, 3.63) is 94.4 Å². The van der Waals surface area contributed by atoms with Gasteiger partial charge in [-0.2, -0.15) is 13.2 Å².